The third kappa shape index (κ3) is 4.60. The summed E-state index contributed by atoms with van der Waals surface area (Å²) in [6.45, 7) is 3.47. The van der Waals surface area contributed by atoms with Gasteiger partial charge in [0.25, 0.3) is 5.91 Å². The van der Waals surface area contributed by atoms with E-state index in [-0.39, 0.29) is 23.7 Å². The largest absolute Gasteiger partial charge is 0.416 e. The van der Waals surface area contributed by atoms with Crippen LogP contribution in [0.4, 0.5) is 18.9 Å². The van der Waals surface area contributed by atoms with Gasteiger partial charge in [-0.15, -0.1) is 0 Å². The van der Waals surface area contributed by atoms with E-state index in [4.69, 9.17) is 0 Å². The Balaban J connectivity index is 1.90. The van der Waals surface area contributed by atoms with Gasteiger partial charge >= 0.3 is 6.18 Å². The van der Waals surface area contributed by atoms with Gasteiger partial charge in [0.2, 0.25) is 5.82 Å². The number of hydrogen-bond acceptors (Lipinski definition) is 4. The highest BCUT2D eigenvalue weighted by atomic mass is 19.4. The number of aryl methyl sites for hydroxylation is 2. The molecule has 0 aliphatic rings. The molecule has 1 amide bonds. The van der Waals surface area contributed by atoms with E-state index in [1.807, 2.05) is 0 Å². The van der Waals surface area contributed by atoms with Crippen molar-refractivity contribution < 1.29 is 23.1 Å². The molecule has 0 bridgehead atoms. The molecule has 0 unspecified atom stereocenters. The lowest BCUT2D eigenvalue weighted by Crippen LogP contribution is -2.17. The van der Waals surface area contributed by atoms with Crippen molar-refractivity contribution in [2.45, 2.75) is 26.6 Å². The van der Waals surface area contributed by atoms with E-state index in [2.05, 4.69) is 15.3 Å². The molecule has 1 aromatic heterocycles. The Hall–Kier alpha value is -3.26. The smallest absolute Gasteiger partial charge is 0.392 e. The van der Waals surface area contributed by atoms with Gasteiger partial charge in [0.1, 0.15) is 0 Å². The minimum absolute atomic E-state index is 0.113. The second-order valence-corrected chi connectivity index (χ2v) is 6.56. The minimum Gasteiger partial charge on any atom is -0.392 e. The zero-order valence-electron chi connectivity index (χ0n) is 15.7. The summed E-state index contributed by atoms with van der Waals surface area (Å²) in [4.78, 5) is 20.7. The number of alkyl halides is 3. The van der Waals surface area contributed by atoms with Crippen LogP contribution >= 0.6 is 0 Å². The molecule has 0 aliphatic carbocycles. The van der Waals surface area contributed by atoms with Crippen LogP contribution in [0.25, 0.3) is 11.3 Å². The van der Waals surface area contributed by atoms with E-state index in [0.29, 0.717) is 5.69 Å². The average molecular weight is 401 g/mol. The first-order chi connectivity index (χ1) is 13.7. The number of nitrogens with zero attached hydrogens (tertiary/aromatic N) is 2. The van der Waals surface area contributed by atoms with Crippen LogP contribution in [0.2, 0.25) is 0 Å². The van der Waals surface area contributed by atoms with Crippen molar-refractivity contribution in [3.8, 4) is 11.3 Å². The van der Waals surface area contributed by atoms with Crippen molar-refractivity contribution in [1.82, 2.24) is 9.97 Å². The van der Waals surface area contributed by atoms with Gasteiger partial charge in [0.05, 0.1) is 17.9 Å². The van der Waals surface area contributed by atoms with Crippen molar-refractivity contribution in [2.75, 3.05) is 5.32 Å². The highest BCUT2D eigenvalue weighted by Crippen LogP contribution is 2.31. The van der Waals surface area contributed by atoms with Crippen LogP contribution in [-0.2, 0) is 12.8 Å². The molecule has 0 spiro atoms. The molecule has 0 atom stereocenters. The van der Waals surface area contributed by atoms with Gasteiger partial charge in [0, 0.05) is 17.4 Å². The number of rotatable bonds is 4. The monoisotopic (exact) mass is 401 g/mol. The first kappa shape index (κ1) is 20.5. The Morgan fingerprint density at radius 1 is 1.10 bits per heavy atom. The van der Waals surface area contributed by atoms with Gasteiger partial charge in [-0.1, -0.05) is 24.3 Å². The molecule has 0 saturated heterocycles. The molecule has 29 heavy (non-hydrogen) atoms. The summed E-state index contributed by atoms with van der Waals surface area (Å²) in [6, 6.07) is 9.67. The van der Waals surface area contributed by atoms with Crippen LogP contribution in [0, 0.1) is 13.8 Å². The van der Waals surface area contributed by atoms with Crippen LogP contribution in [0.15, 0.2) is 48.7 Å². The maximum absolute atomic E-state index is 13.0. The fourth-order valence-electron chi connectivity index (χ4n) is 2.99. The maximum atomic E-state index is 13.0. The molecular weight excluding hydrogens is 383 g/mol. The fourth-order valence-corrected chi connectivity index (χ4v) is 2.99. The van der Waals surface area contributed by atoms with Crippen LogP contribution in [-0.4, -0.2) is 21.0 Å². The first-order valence-corrected chi connectivity index (χ1v) is 8.72. The number of benzene rings is 2. The number of anilines is 1. The number of halogens is 3. The van der Waals surface area contributed by atoms with E-state index in [9.17, 15) is 23.1 Å². The van der Waals surface area contributed by atoms with Crippen molar-refractivity contribution in [1.29, 1.82) is 0 Å². The van der Waals surface area contributed by atoms with Gasteiger partial charge in [0.15, 0.2) is 0 Å². The van der Waals surface area contributed by atoms with Crippen molar-refractivity contribution in [3.05, 3.63) is 76.7 Å². The Bertz CT molecular complexity index is 1040. The summed E-state index contributed by atoms with van der Waals surface area (Å²) >= 11 is 0. The first-order valence-electron chi connectivity index (χ1n) is 8.72. The fraction of sp³-hybridized carbons (Fsp3) is 0.190. The molecule has 3 rings (SSSR count). The summed E-state index contributed by atoms with van der Waals surface area (Å²) in [7, 11) is 0. The van der Waals surface area contributed by atoms with Crippen LogP contribution in [0.1, 0.15) is 32.9 Å². The molecule has 2 aromatic carbocycles. The van der Waals surface area contributed by atoms with E-state index >= 15 is 0 Å². The summed E-state index contributed by atoms with van der Waals surface area (Å²) in [5.74, 6) is -0.744. The quantitative estimate of drug-likeness (QED) is 0.674. The Labute approximate surface area is 165 Å². The molecule has 0 radical (unpaired) electrons. The highest BCUT2D eigenvalue weighted by Gasteiger charge is 2.30. The SMILES string of the molecule is Cc1cc(CO)cc(C)c1NC(=O)c1nccc(-c2cccc(C(F)(F)F)c2)n1. The molecule has 0 fully saturated rings. The van der Waals surface area contributed by atoms with E-state index in [0.717, 1.165) is 28.8 Å². The molecule has 3 aromatic rings. The Morgan fingerprint density at radius 3 is 2.41 bits per heavy atom. The van der Waals surface area contributed by atoms with Gasteiger partial charge in [-0.05, 0) is 48.7 Å². The number of carbonyl (C=O) groups excluding carboxylic acids is 1. The maximum Gasteiger partial charge on any atom is 0.416 e. The number of amides is 1. The van der Waals surface area contributed by atoms with Gasteiger partial charge < -0.3 is 10.4 Å². The number of aliphatic hydroxyl groups is 1. The van der Waals surface area contributed by atoms with E-state index in [1.54, 1.807) is 26.0 Å². The summed E-state index contributed by atoms with van der Waals surface area (Å²) < 4.78 is 38.9. The number of hydrogen-bond donors (Lipinski definition) is 2. The average Bonchev–Trinajstić information content (AvgIpc) is 2.70. The second-order valence-electron chi connectivity index (χ2n) is 6.56. The highest BCUT2D eigenvalue weighted by molar-refractivity contribution is 6.02. The number of nitrogens with one attached hydrogen (secondary N) is 1. The predicted octanol–water partition coefficient (Wildman–Crippen LogP) is 4.52. The molecule has 1 heterocycles. The lowest BCUT2D eigenvalue weighted by Gasteiger charge is -2.13. The molecule has 150 valence electrons. The number of aromatic nitrogens is 2. The molecule has 0 aliphatic heterocycles. The Kier molecular flexibility index (Phi) is 5.65. The van der Waals surface area contributed by atoms with Crippen LogP contribution < -0.4 is 5.32 Å². The number of carbonyl (C=O) groups is 1. The summed E-state index contributed by atoms with van der Waals surface area (Å²) in [5.41, 5.74) is 2.46. The molecular formula is C21H18F3N3O2. The summed E-state index contributed by atoms with van der Waals surface area (Å²) in [5, 5.41) is 12.0. The summed E-state index contributed by atoms with van der Waals surface area (Å²) in [6.07, 6.45) is -3.15. The van der Waals surface area contributed by atoms with Crippen molar-refractivity contribution in [3.63, 3.8) is 0 Å². The standard InChI is InChI=1S/C21H18F3N3O2/c1-12-8-14(11-28)9-13(2)18(12)27-20(29)19-25-7-6-17(26-19)15-4-3-5-16(10-15)21(22,23)24/h3-10,28H,11H2,1-2H3,(H,27,29). The van der Waals surface area contributed by atoms with Gasteiger partial charge in [-0.2, -0.15) is 13.2 Å². The van der Waals surface area contributed by atoms with Crippen LogP contribution in [0.5, 0.6) is 0 Å². The predicted molar refractivity (Wildman–Crippen MR) is 102 cm³/mol. The Morgan fingerprint density at radius 2 is 1.79 bits per heavy atom. The van der Waals surface area contributed by atoms with Crippen molar-refractivity contribution >= 4 is 11.6 Å². The minimum atomic E-state index is -4.47. The van der Waals surface area contributed by atoms with Gasteiger partial charge in [-0.25, -0.2) is 9.97 Å². The zero-order valence-corrected chi connectivity index (χ0v) is 15.7. The third-order valence-electron chi connectivity index (χ3n) is 4.36. The third-order valence-corrected chi connectivity index (χ3v) is 4.36. The van der Waals surface area contributed by atoms with Gasteiger partial charge in [-0.3, -0.25) is 4.79 Å². The zero-order chi connectivity index (χ0) is 21.2. The van der Waals surface area contributed by atoms with E-state index < -0.39 is 17.6 Å². The van der Waals surface area contributed by atoms with Crippen LogP contribution in [0.3, 0.4) is 0 Å². The van der Waals surface area contributed by atoms with Crippen molar-refractivity contribution in [2.24, 2.45) is 0 Å². The normalized spacial score (nSPS) is 11.4. The lowest BCUT2D eigenvalue weighted by molar-refractivity contribution is -0.137. The molecule has 2 N–H and O–H groups in total. The number of aliphatic hydroxyl groups excluding tert-OH is 1. The molecule has 5 nitrogen and oxygen atoms in total. The lowest BCUT2D eigenvalue weighted by atomic mass is 10.0. The topological polar surface area (TPSA) is 75.1 Å². The molecule has 0 saturated carbocycles. The molecule has 8 heteroatoms. The second kappa shape index (κ2) is 8.00. The van der Waals surface area contributed by atoms with E-state index in [1.165, 1.54) is 24.4 Å².